The Hall–Kier alpha value is -1.85. The van der Waals surface area contributed by atoms with Crippen molar-refractivity contribution < 1.29 is 13.9 Å². The molecule has 0 spiro atoms. The SMILES string of the molecule is O=C(c1ccc(F)cc1Cl)N1CCC(COc2ccncc2Cl)CC1. The maximum atomic E-state index is 13.1. The zero-order valence-electron chi connectivity index (χ0n) is 13.4. The number of hydrogen-bond acceptors (Lipinski definition) is 3. The molecule has 1 aromatic carbocycles. The first-order valence-electron chi connectivity index (χ1n) is 8.01. The molecule has 1 amide bonds. The summed E-state index contributed by atoms with van der Waals surface area (Å²) in [5, 5.41) is 0.629. The Balaban J connectivity index is 1.53. The van der Waals surface area contributed by atoms with Gasteiger partial charge in [-0.05, 0) is 37.0 Å². The van der Waals surface area contributed by atoms with Gasteiger partial charge in [0.1, 0.15) is 16.6 Å². The number of pyridine rings is 1. The van der Waals surface area contributed by atoms with Crippen molar-refractivity contribution in [2.24, 2.45) is 5.92 Å². The van der Waals surface area contributed by atoms with Crippen molar-refractivity contribution in [2.75, 3.05) is 19.7 Å². The zero-order valence-corrected chi connectivity index (χ0v) is 14.9. The summed E-state index contributed by atoms with van der Waals surface area (Å²) in [6, 6.07) is 5.57. The van der Waals surface area contributed by atoms with Gasteiger partial charge in [-0.25, -0.2) is 4.39 Å². The number of hydrogen-bond donors (Lipinski definition) is 0. The van der Waals surface area contributed by atoms with Crippen molar-refractivity contribution in [2.45, 2.75) is 12.8 Å². The van der Waals surface area contributed by atoms with Crippen LogP contribution in [0.1, 0.15) is 23.2 Å². The fraction of sp³-hybridized carbons (Fsp3) is 0.333. The number of rotatable bonds is 4. The summed E-state index contributed by atoms with van der Waals surface area (Å²) in [7, 11) is 0. The molecule has 4 nitrogen and oxygen atoms in total. The van der Waals surface area contributed by atoms with Crippen LogP contribution >= 0.6 is 23.2 Å². The van der Waals surface area contributed by atoms with Gasteiger partial charge in [0.2, 0.25) is 0 Å². The molecule has 1 fully saturated rings. The maximum Gasteiger partial charge on any atom is 0.255 e. The minimum atomic E-state index is -0.452. The number of halogens is 3. The molecule has 0 saturated carbocycles. The first-order chi connectivity index (χ1) is 12.0. The van der Waals surface area contributed by atoms with E-state index in [0.717, 1.165) is 18.9 Å². The first-order valence-corrected chi connectivity index (χ1v) is 8.77. The summed E-state index contributed by atoms with van der Waals surface area (Å²) in [4.78, 5) is 18.2. The molecule has 3 rings (SSSR count). The second-order valence-corrected chi connectivity index (χ2v) is 6.79. The van der Waals surface area contributed by atoms with Crippen LogP contribution in [0.15, 0.2) is 36.7 Å². The van der Waals surface area contributed by atoms with Gasteiger partial charge in [-0.15, -0.1) is 0 Å². The fourth-order valence-corrected chi connectivity index (χ4v) is 3.25. The molecule has 1 saturated heterocycles. The van der Waals surface area contributed by atoms with Crippen LogP contribution in [-0.2, 0) is 0 Å². The van der Waals surface area contributed by atoms with Crippen LogP contribution in [-0.4, -0.2) is 35.5 Å². The highest BCUT2D eigenvalue weighted by Crippen LogP contribution is 2.26. The molecule has 25 heavy (non-hydrogen) atoms. The monoisotopic (exact) mass is 382 g/mol. The van der Waals surface area contributed by atoms with Crippen LogP contribution in [0.5, 0.6) is 5.75 Å². The minimum absolute atomic E-state index is 0.141. The molecule has 0 bridgehead atoms. The second kappa shape index (κ2) is 8.02. The van der Waals surface area contributed by atoms with Crippen molar-refractivity contribution in [1.29, 1.82) is 0 Å². The van der Waals surface area contributed by atoms with E-state index in [9.17, 15) is 9.18 Å². The maximum absolute atomic E-state index is 13.1. The topological polar surface area (TPSA) is 42.4 Å². The number of aromatic nitrogens is 1. The highest BCUT2D eigenvalue weighted by atomic mass is 35.5. The van der Waals surface area contributed by atoms with E-state index >= 15 is 0 Å². The van der Waals surface area contributed by atoms with Crippen LogP contribution in [0.2, 0.25) is 10.0 Å². The summed E-state index contributed by atoms with van der Waals surface area (Å²) in [6.07, 6.45) is 4.83. The van der Waals surface area contributed by atoms with E-state index in [1.165, 1.54) is 12.1 Å². The van der Waals surface area contributed by atoms with Crippen molar-refractivity contribution >= 4 is 29.1 Å². The summed E-state index contributed by atoms with van der Waals surface area (Å²) in [6.45, 7) is 1.78. The summed E-state index contributed by atoms with van der Waals surface area (Å²) in [5.41, 5.74) is 0.335. The number of piperidine rings is 1. The number of nitrogens with zero attached hydrogens (tertiary/aromatic N) is 2. The average Bonchev–Trinajstić information content (AvgIpc) is 2.61. The Bertz CT molecular complexity index is 764. The minimum Gasteiger partial charge on any atom is -0.492 e. The fourth-order valence-electron chi connectivity index (χ4n) is 2.82. The van der Waals surface area contributed by atoms with E-state index in [1.54, 1.807) is 23.4 Å². The molecule has 0 atom stereocenters. The Labute approximate surface area is 155 Å². The number of ether oxygens (including phenoxy) is 1. The number of amides is 1. The summed E-state index contributed by atoms with van der Waals surface area (Å²) < 4.78 is 18.9. The van der Waals surface area contributed by atoms with Crippen molar-refractivity contribution in [3.8, 4) is 5.75 Å². The third-order valence-corrected chi connectivity index (χ3v) is 4.87. The van der Waals surface area contributed by atoms with Crippen LogP contribution < -0.4 is 4.74 Å². The van der Waals surface area contributed by atoms with Crippen molar-refractivity contribution in [3.05, 3.63) is 58.1 Å². The largest absolute Gasteiger partial charge is 0.492 e. The lowest BCUT2D eigenvalue weighted by molar-refractivity contribution is 0.0661. The Morgan fingerprint density at radius 2 is 2.00 bits per heavy atom. The van der Waals surface area contributed by atoms with Crippen molar-refractivity contribution in [1.82, 2.24) is 9.88 Å². The standard InChI is InChI=1S/C18H17Cl2FN2O2/c19-15-9-13(21)1-2-14(15)18(24)23-7-4-12(5-8-23)11-25-17-3-6-22-10-16(17)20/h1-3,6,9-10,12H,4-5,7-8,11H2. The highest BCUT2D eigenvalue weighted by Gasteiger charge is 2.25. The average molecular weight is 383 g/mol. The molecular weight excluding hydrogens is 366 g/mol. The molecule has 0 unspecified atom stereocenters. The van der Waals surface area contributed by atoms with E-state index in [2.05, 4.69) is 4.98 Å². The van der Waals surface area contributed by atoms with E-state index < -0.39 is 5.82 Å². The molecule has 2 heterocycles. The summed E-state index contributed by atoms with van der Waals surface area (Å²) in [5.74, 6) is 0.346. The van der Waals surface area contributed by atoms with Gasteiger partial charge in [0, 0.05) is 31.5 Å². The van der Waals surface area contributed by atoms with Gasteiger partial charge in [-0.3, -0.25) is 9.78 Å². The number of benzene rings is 1. The predicted molar refractivity (Wildman–Crippen MR) is 94.8 cm³/mol. The Morgan fingerprint density at radius 3 is 2.68 bits per heavy atom. The lowest BCUT2D eigenvalue weighted by atomic mass is 9.97. The van der Waals surface area contributed by atoms with Crippen LogP contribution in [0.4, 0.5) is 4.39 Å². The van der Waals surface area contributed by atoms with Crippen molar-refractivity contribution in [3.63, 3.8) is 0 Å². The Morgan fingerprint density at radius 1 is 1.24 bits per heavy atom. The molecule has 1 aromatic heterocycles. The third kappa shape index (κ3) is 4.41. The van der Waals surface area contributed by atoms with Gasteiger partial charge in [0.15, 0.2) is 0 Å². The molecule has 2 aromatic rings. The van der Waals surface area contributed by atoms with Gasteiger partial charge in [-0.2, -0.15) is 0 Å². The quantitative estimate of drug-likeness (QED) is 0.783. The molecule has 132 valence electrons. The van der Waals surface area contributed by atoms with Crippen LogP contribution in [0.3, 0.4) is 0 Å². The van der Waals surface area contributed by atoms with Crippen LogP contribution in [0.25, 0.3) is 0 Å². The van der Waals surface area contributed by atoms with Gasteiger partial charge in [0.25, 0.3) is 5.91 Å². The van der Waals surface area contributed by atoms with E-state index in [1.807, 2.05) is 0 Å². The van der Waals surface area contributed by atoms with E-state index in [0.29, 0.717) is 41.9 Å². The predicted octanol–water partition coefficient (Wildman–Crippen LogP) is 4.46. The summed E-state index contributed by atoms with van der Waals surface area (Å²) >= 11 is 12.0. The number of carbonyl (C=O) groups excluding carboxylic acids is 1. The molecule has 0 aliphatic carbocycles. The van der Waals surface area contributed by atoms with Gasteiger partial charge < -0.3 is 9.64 Å². The number of likely N-dealkylation sites (tertiary alicyclic amines) is 1. The van der Waals surface area contributed by atoms with E-state index in [-0.39, 0.29) is 10.9 Å². The smallest absolute Gasteiger partial charge is 0.255 e. The third-order valence-electron chi connectivity index (χ3n) is 4.27. The van der Waals surface area contributed by atoms with Gasteiger partial charge in [-0.1, -0.05) is 23.2 Å². The lowest BCUT2D eigenvalue weighted by Gasteiger charge is -2.32. The Kier molecular flexibility index (Phi) is 5.76. The van der Waals surface area contributed by atoms with E-state index in [4.69, 9.17) is 27.9 Å². The van der Waals surface area contributed by atoms with Crippen LogP contribution in [0, 0.1) is 11.7 Å². The normalized spacial score (nSPS) is 15.2. The zero-order chi connectivity index (χ0) is 17.8. The highest BCUT2D eigenvalue weighted by molar-refractivity contribution is 6.33. The molecule has 1 aliphatic heterocycles. The second-order valence-electron chi connectivity index (χ2n) is 5.98. The number of carbonyl (C=O) groups is 1. The lowest BCUT2D eigenvalue weighted by Crippen LogP contribution is -2.39. The molecule has 0 radical (unpaired) electrons. The molecular formula is C18H17Cl2FN2O2. The molecule has 0 N–H and O–H groups in total. The molecule has 1 aliphatic rings. The van der Waals surface area contributed by atoms with Gasteiger partial charge >= 0.3 is 0 Å². The van der Waals surface area contributed by atoms with Gasteiger partial charge in [0.05, 0.1) is 17.2 Å². The first kappa shape index (κ1) is 18.0. The molecule has 7 heteroatoms.